The van der Waals surface area contributed by atoms with E-state index in [0.717, 1.165) is 41.8 Å². The van der Waals surface area contributed by atoms with Gasteiger partial charge in [-0.05, 0) is 53.8 Å². The molecule has 1 aliphatic carbocycles. The Hall–Kier alpha value is -3.31. The molecule has 1 aliphatic heterocycles. The molecule has 5 nitrogen and oxygen atoms in total. The monoisotopic (exact) mass is 411 g/mol. The second kappa shape index (κ2) is 8.44. The van der Waals surface area contributed by atoms with Crippen molar-refractivity contribution in [2.45, 2.75) is 25.4 Å². The fourth-order valence-corrected chi connectivity index (χ4v) is 4.35. The Morgan fingerprint density at radius 3 is 2.61 bits per heavy atom. The first-order valence-corrected chi connectivity index (χ1v) is 10.8. The van der Waals surface area contributed by atoms with Crippen molar-refractivity contribution in [1.29, 1.82) is 0 Å². The number of pyridine rings is 2. The SMILES string of the molecule is COC1CCN(C(=O)c2cccc(-c3cnc4c(c3)C=C(c3ccccc3)C4)n2)CC1. The average molecular weight is 412 g/mol. The molecule has 0 saturated carbocycles. The van der Waals surface area contributed by atoms with Crippen molar-refractivity contribution in [3.63, 3.8) is 0 Å². The molecule has 0 N–H and O–H groups in total. The van der Waals surface area contributed by atoms with Crippen LogP contribution in [0.2, 0.25) is 0 Å². The first-order chi connectivity index (χ1) is 15.2. The number of nitrogens with zero attached hydrogens (tertiary/aromatic N) is 3. The van der Waals surface area contributed by atoms with E-state index < -0.39 is 0 Å². The third-order valence-electron chi connectivity index (χ3n) is 6.16. The second-order valence-electron chi connectivity index (χ2n) is 8.11. The number of hydrogen-bond donors (Lipinski definition) is 0. The number of benzene rings is 1. The summed E-state index contributed by atoms with van der Waals surface area (Å²) in [6.45, 7) is 1.41. The summed E-state index contributed by atoms with van der Waals surface area (Å²) in [5.41, 5.74) is 6.88. The van der Waals surface area contributed by atoms with E-state index in [1.807, 2.05) is 29.3 Å². The van der Waals surface area contributed by atoms with Gasteiger partial charge in [-0.1, -0.05) is 36.4 Å². The predicted octanol–water partition coefficient (Wildman–Crippen LogP) is 4.49. The van der Waals surface area contributed by atoms with Crippen LogP contribution in [0.15, 0.2) is 60.8 Å². The summed E-state index contributed by atoms with van der Waals surface area (Å²) in [4.78, 5) is 24.2. The van der Waals surface area contributed by atoms with E-state index >= 15 is 0 Å². The molecule has 0 atom stereocenters. The van der Waals surface area contributed by atoms with Crippen LogP contribution >= 0.6 is 0 Å². The van der Waals surface area contributed by atoms with E-state index in [4.69, 9.17) is 9.72 Å². The molecule has 2 aromatic heterocycles. The second-order valence-corrected chi connectivity index (χ2v) is 8.11. The Morgan fingerprint density at radius 2 is 1.84 bits per heavy atom. The van der Waals surface area contributed by atoms with Crippen LogP contribution in [-0.2, 0) is 11.2 Å². The minimum absolute atomic E-state index is 0.0169. The molecule has 0 spiro atoms. The number of methoxy groups -OCH3 is 1. The first kappa shape index (κ1) is 19.6. The quantitative estimate of drug-likeness (QED) is 0.635. The third-order valence-corrected chi connectivity index (χ3v) is 6.16. The van der Waals surface area contributed by atoms with E-state index in [2.05, 4.69) is 41.4 Å². The summed E-state index contributed by atoms with van der Waals surface area (Å²) in [5.74, 6) is -0.0169. The zero-order chi connectivity index (χ0) is 21.2. The molecule has 31 heavy (non-hydrogen) atoms. The highest BCUT2D eigenvalue weighted by Crippen LogP contribution is 2.32. The number of carbonyl (C=O) groups excluding carboxylic acids is 1. The standard InChI is InChI=1S/C26H25N3O2/c1-31-22-10-12-29(13-11-22)26(30)24-9-5-8-23(28-24)21-15-20-14-19(16-25(20)27-17-21)18-6-3-2-4-7-18/h2-9,14-15,17,22H,10-13,16H2,1H3. The number of amides is 1. The van der Waals surface area contributed by atoms with Gasteiger partial charge in [0.2, 0.25) is 0 Å². The van der Waals surface area contributed by atoms with Crippen LogP contribution in [0, 0.1) is 0 Å². The summed E-state index contributed by atoms with van der Waals surface area (Å²) in [7, 11) is 1.73. The smallest absolute Gasteiger partial charge is 0.272 e. The fraction of sp³-hybridized carbons (Fsp3) is 0.269. The lowest BCUT2D eigenvalue weighted by atomic mass is 10.1. The highest BCUT2D eigenvalue weighted by molar-refractivity contribution is 5.93. The van der Waals surface area contributed by atoms with Gasteiger partial charge in [-0.15, -0.1) is 0 Å². The maximum Gasteiger partial charge on any atom is 0.272 e. The van der Waals surface area contributed by atoms with Gasteiger partial charge in [-0.3, -0.25) is 9.78 Å². The fourth-order valence-electron chi connectivity index (χ4n) is 4.35. The summed E-state index contributed by atoms with van der Waals surface area (Å²) in [6.07, 6.45) is 6.88. The van der Waals surface area contributed by atoms with Crippen molar-refractivity contribution in [1.82, 2.24) is 14.9 Å². The molecule has 3 heterocycles. The van der Waals surface area contributed by atoms with Crippen molar-refractivity contribution in [3.8, 4) is 11.3 Å². The van der Waals surface area contributed by atoms with Crippen LogP contribution < -0.4 is 0 Å². The van der Waals surface area contributed by atoms with Crippen molar-refractivity contribution in [3.05, 3.63) is 83.3 Å². The number of aromatic nitrogens is 2. The van der Waals surface area contributed by atoms with Crippen molar-refractivity contribution < 1.29 is 9.53 Å². The van der Waals surface area contributed by atoms with Crippen LogP contribution in [0.1, 0.15) is 40.2 Å². The van der Waals surface area contributed by atoms with Crippen LogP contribution in [0.25, 0.3) is 22.9 Å². The molecule has 0 radical (unpaired) electrons. The molecule has 1 fully saturated rings. The maximum absolute atomic E-state index is 13.0. The van der Waals surface area contributed by atoms with E-state index in [9.17, 15) is 4.79 Å². The van der Waals surface area contributed by atoms with Crippen LogP contribution in [0.3, 0.4) is 0 Å². The topological polar surface area (TPSA) is 55.3 Å². The zero-order valence-corrected chi connectivity index (χ0v) is 17.6. The zero-order valence-electron chi connectivity index (χ0n) is 17.6. The molecule has 2 aliphatic rings. The van der Waals surface area contributed by atoms with Crippen LogP contribution in [0.4, 0.5) is 0 Å². The summed E-state index contributed by atoms with van der Waals surface area (Å²) >= 11 is 0. The average Bonchev–Trinajstić information content (AvgIpc) is 3.28. The molecular formula is C26H25N3O2. The number of fused-ring (bicyclic) bond motifs is 1. The molecule has 156 valence electrons. The lowest BCUT2D eigenvalue weighted by molar-refractivity contribution is 0.0348. The van der Waals surface area contributed by atoms with Gasteiger partial charge >= 0.3 is 0 Å². The van der Waals surface area contributed by atoms with Crippen molar-refractivity contribution in [2.75, 3.05) is 20.2 Å². The molecule has 5 heteroatoms. The summed E-state index contributed by atoms with van der Waals surface area (Å²) < 4.78 is 5.41. The predicted molar refractivity (Wildman–Crippen MR) is 121 cm³/mol. The van der Waals surface area contributed by atoms with Crippen LogP contribution in [-0.4, -0.2) is 47.1 Å². The Morgan fingerprint density at radius 1 is 1.03 bits per heavy atom. The van der Waals surface area contributed by atoms with Gasteiger partial charge in [0, 0.05) is 38.4 Å². The van der Waals surface area contributed by atoms with Crippen molar-refractivity contribution in [2.24, 2.45) is 0 Å². The molecule has 1 aromatic carbocycles. The van der Waals surface area contributed by atoms with Gasteiger partial charge in [0.25, 0.3) is 5.91 Å². The number of allylic oxidation sites excluding steroid dienone is 1. The number of hydrogen-bond acceptors (Lipinski definition) is 4. The number of carbonyl (C=O) groups is 1. The Balaban J connectivity index is 1.38. The molecule has 1 saturated heterocycles. The first-order valence-electron chi connectivity index (χ1n) is 10.8. The number of rotatable bonds is 4. The van der Waals surface area contributed by atoms with Gasteiger partial charge in [0.05, 0.1) is 17.5 Å². The van der Waals surface area contributed by atoms with Gasteiger partial charge in [0.1, 0.15) is 5.69 Å². The molecule has 0 bridgehead atoms. The lowest BCUT2D eigenvalue weighted by Gasteiger charge is -2.31. The number of likely N-dealkylation sites (tertiary alicyclic amines) is 1. The van der Waals surface area contributed by atoms with E-state index in [1.165, 1.54) is 11.1 Å². The Kier molecular flexibility index (Phi) is 5.35. The lowest BCUT2D eigenvalue weighted by Crippen LogP contribution is -2.40. The Bertz CT molecular complexity index is 1130. The largest absolute Gasteiger partial charge is 0.381 e. The van der Waals surface area contributed by atoms with Gasteiger partial charge in [0.15, 0.2) is 0 Å². The summed E-state index contributed by atoms with van der Waals surface area (Å²) in [6, 6.07) is 18.2. The van der Waals surface area contributed by atoms with E-state index in [0.29, 0.717) is 18.8 Å². The highest BCUT2D eigenvalue weighted by Gasteiger charge is 2.24. The van der Waals surface area contributed by atoms with Gasteiger partial charge in [-0.25, -0.2) is 4.98 Å². The molecule has 5 rings (SSSR count). The molecule has 3 aromatic rings. The number of piperidine rings is 1. The van der Waals surface area contributed by atoms with Gasteiger partial charge < -0.3 is 9.64 Å². The molecule has 0 unspecified atom stereocenters. The minimum Gasteiger partial charge on any atom is -0.381 e. The van der Waals surface area contributed by atoms with E-state index in [-0.39, 0.29) is 12.0 Å². The molecular weight excluding hydrogens is 386 g/mol. The normalized spacial score (nSPS) is 16.2. The maximum atomic E-state index is 13.0. The Labute approximate surface area is 182 Å². The van der Waals surface area contributed by atoms with E-state index in [1.54, 1.807) is 13.2 Å². The number of ether oxygens (including phenoxy) is 1. The van der Waals surface area contributed by atoms with Gasteiger partial charge in [-0.2, -0.15) is 0 Å². The van der Waals surface area contributed by atoms with Crippen LogP contribution in [0.5, 0.6) is 0 Å². The highest BCUT2D eigenvalue weighted by atomic mass is 16.5. The summed E-state index contributed by atoms with van der Waals surface area (Å²) in [5, 5.41) is 0. The minimum atomic E-state index is -0.0169. The molecule has 1 amide bonds. The van der Waals surface area contributed by atoms with Crippen molar-refractivity contribution >= 4 is 17.6 Å². The third kappa shape index (κ3) is 4.01.